The lowest BCUT2D eigenvalue weighted by Crippen LogP contribution is -2.78. The van der Waals surface area contributed by atoms with Crippen molar-refractivity contribution in [2.75, 3.05) is 53.1 Å². The molecule has 30 heavy (non-hydrogen) atoms. The normalized spacial score (nSPS) is 22.9. The summed E-state index contributed by atoms with van der Waals surface area (Å²) in [7, 11) is 1.49. The highest BCUT2D eigenvalue weighted by Gasteiger charge is 2.62. The van der Waals surface area contributed by atoms with Crippen molar-refractivity contribution in [3.63, 3.8) is 0 Å². The van der Waals surface area contributed by atoms with E-state index in [1.54, 1.807) is 11.0 Å². The average Bonchev–Trinajstić information content (AvgIpc) is 2.71. The lowest BCUT2D eigenvalue weighted by atomic mass is 9.67. The maximum Gasteiger partial charge on any atom is 0.255 e. The first-order valence-corrected chi connectivity index (χ1v) is 10.5. The van der Waals surface area contributed by atoms with Crippen molar-refractivity contribution in [2.45, 2.75) is 31.3 Å². The number of fused-ring (bicyclic) bond motifs is 1. The topological polar surface area (TPSA) is 79.4 Å². The molecule has 3 aliphatic rings. The van der Waals surface area contributed by atoms with Crippen LogP contribution in [0.3, 0.4) is 0 Å². The Hall–Kier alpha value is -2.45. The molecule has 162 valence electrons. The molecule has 1 aromatic rings. The van der Waals surface area contributed by atoms with Crippen LogP contribution in [0.1, 0.15) is 35.7 Å². The minimum atomic E-state index is -0.752. The second-order valence-electron chi connectivity index (χ2n) is 8.51. The zero-order valence-corrected chi connectivity index (χ0v) is 17.8. The van der Waals surface area contributed by atoms with Gasteiger partial charge in [0.05, 0.1) is 24.7 Å². The number of morpholine rings is 1. The van der Waals surface area contributed by atoms with Crippen LogP contribution in [0.5, 0.6) is 0 Å². The Morgan fingerprint density at radius 2 is 1.83 bits per heavy atom. The summed E-state index contributed by atoms with van der Waals surface area (Å²) in [6.45, 7) is 6.67. The van der Waals surface area contributed by atoms with E-state index >= 15 is 0 Å². The Morgan fingerprint density at radius 3 is 2.47 bits per heavy atom. The number of methoxy groups -OCH3 is 1. The fourth-order valence-corrected chi connectivity index (χ4v) is 5.12. The third-order valence-electron chi connectivity index (χ3n) is 6.37. The van der Waals surface area contributed by atoms with Crippen molar-refractivity contribution in [3.05, 3.63) is 35.4 Å². The number of ether oxygens (including phenoxy) is 2. The summed E-state index contributed by atoms with van der Waals surface area (Å²) < 4.78 is 10.4. The molecule has 8 heteroatoms. The van der Waals surface area contributed by atoms with Crippen molar-refractivity contribution < 1.29 is 23.9 Å². The fraction of sp³-hybridized carbons (Fsp3) is 0.591. The van der Waals surface area contributed by atoms with E-state index in [0.29, 0.717) is 45.0 Å². The van der Waals surface area contributed by atoms with Crippen LogP contribution in [-0.2, 0) is 19.1 Å². The Balaban J connectivity index is 1.78. The molecule has 0 aromatic heterocycles. The van der Waals surface area contributed by atoms with Gasteiger partial charge in [0, 0.05) is 44.9 Å². The van der Waals surface area contributed by atoms with Crippen LogP contribution >= 0.6 is 0 Å². The summed E-state index contributed by atoms with van der Waals surface area (Å²) in [6, 6.07) is 7.28. The van der Waals surface area contributed by atoms with Gasteiger partial charge in [-0.15, -0.1) is 0 Å². The number of hydrogen-bond acceptors (Lipinski definition) is 5. The molecule has 1 unspecified atom stereocenters. The van der Waals surface area contributed by atoms with Crippen LogP contribution in [0.15, 0.2) is 24.3 Å². The molecule has 1 atom stereocenters. The third kappa shape index (κ3) is 3.18. The van der Waals surface area contributed by atoms with Gasteiger partial charge in [-0.1, -0.05) is 18.2 Å². The van der Waals surface area contributed by atoms with Gasteiger partial charge in [0.15, 0.2) is 0 Å². The van der Waals surface area contributed by atoms with Crippen LogP contribution in [0, 0.1) is 0 Å². The minimum Gasteiger partial charge on any atom is -0.378 e. The number of likely N-dealkylation sites (tertiary alicyclic amines) is 1. The SMILES string of the molecule is COCC(=O)N1CC2(C1)C(C(=O)N1CCOCC1)c1ccccc1C(=O)N2C(C)C. The average molecular weight is 415 g/mol. The van der Waals surface area contributed by atoms with Crippen molar-refractivity contribution in [2.24, 2.45) is 0 Å². The highest BCUT2D eigenvalue weighted by Crippen LogP contribution is 2.48. The van der Waals surface area contributed by atoms with Crippen LogP contribution in [-0.4, -0.2) is 97.1 Å². The molecule has 0 bridgehead atoms. The zero-order chi connectivity index (χ0) is 21.5. The molecule has 2 fully saturated rings. The molecule has 1 spiro atoms. The largest absolute Gasteiger partial charge is 0.378 e. The summed E-state index contributed by atoms with van der Waals surface area (Å²) in [5, 5.41) is 0. The highest BCUT2D eigenvalue weighted by molar-refractivity contribution is 6.02. The molecule has 1 aromatic carbocycles. The second kappa shape index (κ2) is 8.00. The van der Waals surface area contributed by atoms with E-state index < -0.39 is 11.5 Å². The zero-order valence-electron chi connectivity index (χ0n) is 17.8. The van der Waals surface area contributed by atoms with Gasteiger partial charge in [0.2, 0.25) is 11.8 Å². The Morgan fingerprint density at radius 1 is 1.17 bits per heavy atom. The molecule has 3 heterocycles. The van der Waals surface area contributed by atoms with Gasteiger partial charge < -0.3 is 24.2 Å². The molecule has 0 saturated carbocycles. The number of carbonyl (C=O) groups is 3. The predicted octanol–water partition coefficient (Wildman–Crippen LogP) is 0.721. The van der Waals surface area contributed by atoms with Crippen molar-refractivity contribution in [1.82, 2.24) is 14.7 Å². The summed E-state index contributed by atoms with van der Waals surface area (Å²) in [4.78, 5) is 45.0. The van der Waals surface area contributed by atoms with E-state index in [4.69, 9.17) is 9.47 Å². The number of amides is 3. The standard InChI is InChI=1S/C22H29N3O5/c1-15(2)25-20(27)17-7-5-4-6-16(17)19(21(28)23-8-10-30-11-9-23)22(25)13-24(14-22)18(26)12-29-3/h4-7,15,19H,8-14H2,1-3H3. The van der Waals surface area contributed by atoms with Crippen LogP contribution in [0.25, 0.3) is 0 Å². The summed E-state index contributed by atoms with van der Waals surface area (Å²) >= 11 is 0. The minimum absolute atomic E-state index is 0.00254. The number of nitrogens with zero attached hydrogens (tertiary/aromatic N) is 3. The van der Waals surface area contributed by atoms with Gasteiger partial charge >= 0.3 is 0 Å². The maximum atomic E-state index is 13.8. The second-order valence-corrected chi connectivity index (χ2v) is 8.51. The number of carbonyl (C=O) groups excluding carboxylic acids is 3. The highest BCUT2D eigenvalue weighted by atomic mass is 16.5. The molecular formula is C22H29N3O5. The van der Waals surface area contributed by atoms with Crippen LogP contribution < -0.4 is 0 Å². The molecular weight excluding hydrogens is 386 g/mol. The summed E-state index contributed by atoms with van der Waals surface area (Å²) in [5.41, 5.74) is 0.582. The van der Waals surface area contributed by atoms with E-state index in [0.717, 1.165) is 5.56 Å². The molecule has 4 rings (SSSR count). The van der Waals surface area contributed by atoms with E-state index in [1.807, 2.05) is 41.8 Å². The van der Waals surface area contributed by atoms with Crippen molar-refractivity contribution >= 4 is 17.7 Å². The predicted molar refractivity (Wildman–Crippen MR) is 109 cm³/mol. The Kier molecular flexibility index (Phi) is 5.55. The van der Waals surface area contributed by atoms with Gasteiger partial charge in [-0.3, -0.25) is 14.4 Å². The number of rotatable bonds is 4. The van der Waals surface area contributed by atoms with E-state index in [-0.39, 0.29) is 30.4 Å². The quantitative estimate of drug-likeness (QED) is 0.724. The first kappa shape index (κ1) is 20.8. The van der Waals surface area contributed by atoms with Gasteiger partial charge in [-0.2, -0.15) is 0 Å². The van der Waals surface area contributed by atoms with E-state index in [2.05, 4.69) is 0 Å². The molecule has 8 nitrogen and oxygen atoms in total. The van der Waals surface area contributed by atoms with E-state index in [9.17, 15) is 14.4 Å². The Labute approximate surface area is 176 Å². The molecule has 3 aliphatic heterocycles. The van der Waals surface area contributed by atoms with Gasteiger partial charge in [-0.05, 0) is 25.5 Å². The van der Waals surface area contributed by atoms with E-state index in [1.165, 1.54) is 7.11 Å². The third-order valence-corrected chi connectivity index (χ3v) is 6.37. The van der Waals surface area contributed by atoms with Crippen LogP contribution in [0.2, 0.25) is 0 Å². The van der Waals surface area contributed by atoms with Gasteiger partial charge in [0.1, 0.15) is 6.61 Å². The molecule has 0 aliphatic carbocycles. The number of benzene rings is 1. The van der Waals surface area contributed by atoms with Crippen molar-refractivity contribution in [3.8, 4) is 0 Å². The van der Waals surface area contributed by atoms with Gasteiger partial charge in [-0.25, -0.2) is 0 Å². The smallest absolute Gasteiger partial charge is 0.255 e. The molecule has 0 N–H and O–H groups in total. The maximum absolute atomic E-state index is 13.8. The monoisotopic (exact) mass is 415 g/mol. The molecule has 0 radical (unpaired) electrons. The first-order valence-electron chi connectivity index (χ1n) is 10.5. The van der Waals surface area contributed by atoms with Gasteiger partial charge in [0.25, 0.3) is 5.91 Å². The molecule has 2 saturated heterocycles. The lowest BCUT2D eigenvalue weighted by molar-refractivity contribution is -0.160. The number of hydrogen-bond donors (Lipinski definition) is 0. The summed E-state index contributed by atoms with van der Waals surface area (Å²) in [6.07, 6.45) is 0. The van der Waals surface area contributed by atoms with Crippen LogP contribution in [0.4, 0.5) is 0 Å². The fourth-order valence-electron chi connectivity index (χ4n) is 5.12. The first-order chi connectivity index (χ1) is 14.4. The molecule has 3 amide bonds. The Bertz CT molecular complexity index is 843. The summed E-state index contributed by atoms with van der Waals surface area (Å²) in [5.74, 6) is -0.720. The lowest BCUT2D eigenvalue weighted by Gasteiger charge is -2.62. The van der Waals surface area contributed by atoms with Crippen molar-refractivity contribution in [1.29, 1.82) is 0 Å².